The second-order valence-electron chi connectivity index (χ2n) is 4.78. The van der Waals surface area contributed by atoms with E-state index >= 15 is 0 Å². The van der Waals surface area contributed by atoms with E-state index in [1.165, 1.54) is 0 Å². The molecule has 19 heavy (non-hydrogen) atoms. The lowest BCUT2D eigenvalue weighted by molar-refractivity contribution is -0.135. The summed E-state index contributed by atoms with van der Waals surface area (Å²) in [6.07, 6.45) is 0.174. The third kappa shape index (κ3) is 7.93. The average molecular weight is 277 g/mol. The number of hydrogen-bond donors (Lipinski definition) is 1. The molecule has 1 N–H and O–H groups in total. The molecule has 0 bridgehead atoms. The number of halogens is 3. The van der Waals surface area contributed by atoms with Crippen molar-refractivity contribution < 1.29 is 17.6 Å². The minimum Gasteiger partial charge on any atom is -0.469 e. The van der Waals surface area contributed by atoms with Gasteiger partial charge in [-0.05, 0) is 44.4 Å². The lowest BCUT2D eigenvalue weighted by Gasteiger charge is -2.18. The lowest BCUT2D eigenvalue weighted by atomic mass is 10.0. The summed E-state index contributed by atoms with van der Waals surface area (Å²) in [6.45, 7) is 2.89. The molecule has 1 unspecified atom stereocenters. The Morgan fingerprint density at radius 2 is 2.11 bits per heavy atom. The van der Waals surface area contributed by atoms with Crippen LogP contribution >= 0.6 is 0 Å². The Bertz CT molecular complexity index is 322. The minimum absolute atomic E-state index is 0.132. The van der Waals surface area contributed by atoms with E-state index in [2.05, 4.69) is 5.32 Å². The third-order valence-electron chi connectivity index (χ3n) is 3.02. The van der Waals surface area contributed by atoms with E-state index in [-0.39, 0.29) is 12.5 Å². The smallest absolute Gasteiger partial charge is 0.389 e. The van der Waals surface area contributed by atoms with Crippen molar-refractivity contribution in [2.75, 3.05) is 6.54 Å². The summed E-state index contributed by atoms with van der Waals surface area (Å²) in [7, 11) is 0. The number of hydrogen-bond acceptors (Lipinski definition) is 2. The Morgan fingerprint density at radius 1 is 1.32 bits per heavy atom. The Labute approximate surface area is 112 Å². The summed E-state index contributed by atoms with van der Waals surface area (Å²) >= 11 is 0. The van der Waals surface area contributed by atoms with Gasteiger partial charge in [0, 0.05) is 18.9 Å². The van der Waals surface area contributed by atoms with Gasteiger partial charge in [-0.15, -0.1) is 0 Å². The van der Waals surface area contributed by atoms with Gasteiger partial charge in [-0.3, -0.25) is 0 Å². The highest BCUT2D eigenvalue weighted by molar-refractivity contribution is 4.98. The fourth-order valence-electron chi connectivity index (χ4n) is 2.02. The summed E-state index contributed by atoms with van der Waals surface area (Å²) in [5.41, 5.74) is 0. The molecule has 0 saturated carbocycles. The monoisotopic (exact) mass is 277 g/mol. The van der Waals surface area contributed by atoms with Crippen molar-refractivity contribution in [3.8, 4) is 0 Å². The predicted octanol–water partition coefficient (Wildman–Crippen LogP) is 4.31. The molecule has 1 aromatic heterocycles. The maximum Gasteiger partial charge on any atom is 0.389 e. The Balaban J connectivity index is 2.29. The molecule has 0 aliphatic heterocycles. The molecule has 1 rings (SSSR count). The lowest BCUT2D eigenvalue weighted by Crippen LogP contribution is -2.30. The van der Waals surface area contributed by atoms with E-state index in [1.807, 2.05) is 19.1 Å². The van der Waals surface area contributed by atoms with E-state index in [0.29, 0.717) is 6.42 Å². The second kappa shape index (κ2) is 8.25. The molecule has 0 amide bonds. The number of nitrogens with one attached hydrogen (secondary N) is 1. The van der Waals surface area contributed by atoms with Gasteiger partial charge in [-0.1, -0.05) is 6.92 Å². The number of aryl methyl sites for hydroxylation is 1. The topological polar surface area (TPSA) is 25.2 Å². The number of alkyl halides is 3. The molecular weight excluding hydrogens is 255 g/mol. The molecule has 0 aliphatic carbocycles. The van der Waals surface area contributed by atoms with E-state index in [4.69, 9.17) is 4.42 Å². The van der Waals surface area contributed by atoms with Crippen LogP contribution in [-0.2, 0) is 6.42 Å². The molecule has 0 radical (unpaired) electrons. The van der Waals surface area contributed by atoms with Crippen LogP contribution in [0.5, 0.6) is 0 Å². The van der Waals surface area contributed by atoms with Crippen molar-refractivity contribution in [1.29, 1.82) is 0 Å². The van der Waals surface area contributed by atoms with Gasteiger partial charge in [0.25, 0.3) is 0 Å². The van der Waals surface area contributed by atoms with Crippen molar-refractivity contribution in [2.45, 2.75) is 57.7 Å². The van der Waals surface area contributed by atoms with Crippen molar-refractivity contribution in [2.24, 2.45) is 0 Å². The molecule has 0 aliphatic rings. The largest absolute Gasteiger partial charge is 0.469 e. The fraction of sp³-hybridized carbons (Fsp3) is 0.714. The highest BCUT2D eigenvalue weighted by atomic mass is 19.4. The Morgan fingerprint density at radius 3 is 2.68 bits per heavy atom. The highest BCUT2D eigenvalue weighted by Gasteiger charge is 2.26. The third-order valence-corrected chi connectivity index (χ3v) is 3.02. The van der Waals surface area contributed by atoms with Crippen molar-refractivity contribution in [1.82, 2.24) is 5.32 Å². The van der Waals surface area contributed by atoms with Crippen LogP contribution in [0.1, 0.15) is 44.8 Å². The number of furan rings is 1. The van der Waals surface area contributed by atoms with Crippen molar-refractivity contribution in [3.63, 3.8) is 0 Å². The van der Waals surface area contributed by atoms with Crippen LogP contribution in [0.15, 0.2) is 22.8 Å². The first-order valence-electron chi connectivity index (χ1n) is 6.84. The molecule has 1 aromatic rings. The van der Waals surface area contributed by atoms with Gasteiger partial charge in [0.1, 0.15) is 5.76 Å². The maximum absolute atomic E-state index is 12.1. The molecular formula is C14H22F3NO. The van der Waals surface area contributed by atoms with Gasteiger partial charge in [-0.2, -0.15) is 13.2 Å². The van der Waals surface area contributed by atoms with Gasteiger partial charge >= 0.3 is 6.18 Å². The molecule has 0 spiro atoms. The van der Waals surface area contributed by atoms with E-state index < -0.39 is 12.6 Å². The predicted molar refractivity (Wildman–Crippen MR) is 69.0 cm³/mol. The van der Waals surface area contributed by atoms with Gasteiger partial charge in [0.2, 0.25) is 0 Å². The normalized spacial score (nSPS) is 13.7. The zero-order valence-corrected chi connectivity index (χ0v) is 11.3. The zero-order valence-electron chi connectivity index (χ0n) is 11.3. The number of rotatable bonds is 9. The van der Waals surface area contributed by atoms with Crippen LogP contribution in [0.4, 0.5) is 13.2 Å². The molecule has 2 nitrogen and oxygen atoms in total. The second-order valence-corrected chi connectivity index (χ2v) is 4.78. The van der Waals surface area contributed by atoms with Crippen LogP contribution in [0.2, 0.25) is 0 Å². The fourth-order valence-corrected chi connectivity index (χ4v) is 2.02. The quantitative estimate of drug-likeness (QED) is 0.727. The zero-order chi connectivity index (χ0) is 14.1. The van der Waals surface area contributed by atoms with Crippen LogP contribution in [0, 0.1) is 0 Å². The van der Waals surface area contributed by atoms with Gasteiger partial charge in [0.15, 0.2) is 0 Å². The van der Waals surface area contributed by atoms with Gasteiger partial charge in [0.05, 0.1) is 6.26 Å². The minimum atomic E-state index is -4.05. The maximum atomic E-state index is 12.1. The summed E-state index contributed by atoms with van der Waals surface area (Å²) in [4.78, 5) is 0. The Kier molecular flexibility index (Phi) is 6.99. The first-order chi connectivity index (χ1) is 9.01. The molecule has 5 heteroatoms. The van der Waals surface area contributed by atoms with Crippen LogP contribution in [-0.4, -0.2) is 18.8 Å². The summed E-state index contributed by atoms with van der Waals surface area (Å²) in [5, 5.41) is 3.31. The SMILES string of the molecule is CCCNC(CCCC(F)(F)F)CCc1ccco1. The van der Waals surface area contributed by atoms with E-state index in [0.717, 1.165) is 31.6 Å². The standard InChI is InChI=1S/C14H22F3NO/c1-2-10-18-12(5-3-9-14(15,16)17)7-8-13-6-4-11-19-13/h4,6,11-12,18H,2-3,5,7-10H2,1H3. The Hall–Kier alpha value is -0.970. The van der Waals surface area contributed by atoms with Gasteiger partial charge in [-0.25, -0.2) is 0 Å². The van der Waals surface area contributed by atoms with Gasteiger partial charge < -0.3 is 9.73 Å². The summed E-state index contributed by atoms with van der Waals surface area (Å²) in [5.74, 6) is 0.888. The van der Waals surface area contributed by atoms with Crippen molar-refractivity contribution in [3.05, 3.63) is 24.2 Å². The first kappa shape index (κ1) is 16.1. The summed E-state index contributed by atoms with van der Waals surface area (Å²) < 4.78 is 41.6. The summed E-state index contributed by atoms with van der Waals surface area (Å²) in [6, 6.07) is 3.85. The van der Waals surface area contributed by atoms with E-state index in [1.54, 1.807) is 6.26 Å². The molecule has 0 saturated heterocycles. The van der Waals surface area contributed by atoms with Crippen LogP contribution in [0.3, 0.4) is 0 Å². The molecule has 1 heterocycles. The van der Waals surface area contributed by atoms with Crippen LogP contribution in [0.25, 0.3) is 0 Å². The molecule has 1 atom stereocenters. The average Bonchev–Trinajstić information content (AvgIpc) is 2.83. The molecule has 110 valence electrons. The highest BCUT2D eigenvalue weighted by Crippen LogP contribution is 2.23. The first-order valence-corrected chi connectivity index (χ1v) is 6.84. The molecule has 0 fully saturated rings. The van der Waals surface area contributed by atoms with E-state index in [9.17, 15) is 13.2 Å². The van der Waals surface area contributed by atoms with Crippen molar-refractivity contribution >= 4 is 0 Å². The molecule has 0 aromatic carbocycles. The van der Waals surface area contributed by atoms with Crippen LogP contribution < -0.4 is 5.32 Å².